The van der Waals surface area contributed by atoms with Crippen LogP contribution in [-0.4, -0.2) is 20.4 Å². The minimum Gasteiger partial charge on any atom is -0.512 e. The van der Waals surface area contributed by atoms with Gasteiger partial charge >= 0.3 is 0 Å². The summed E-state index contributed by atoms with van der Waals surface area (Å²) in [6.45, 7) is 14.9. The molecule has 55 heavy (non-hydrogen) atoms. The summed E-state index contributed by atoms with van der Waals surface area (Å²) in [7, 11) is 0. The fraction of sp³-hybridized carbons (Fsp3) is 0.280. The fourth-order valence-electron chi connectivity index (χ4n) is 8.09. The summed E-state index contributed by atoms with van der Waals surface area (Å²) in [5.74, 6) is 1.48. The Bertz CT molecular complexity index is 2530. The minimum atomic E-state index is -0.0202. The van der Waals surface area contributed by atoms with Gasteiger partial charge in [-0.25, -0.2) is 0 Å². The third-order valence-electron chi connectivity index (χ3n) is 11.2. The van der Waals surface area contributed by atoms with Crippen molar-refractivity contribution < 1.29 is 30.0 Å². The Labute approximate surface area is 339 Å². The summed E-state index contributed by atoms with van der Waals surface area (Å²) in [4.78, 5) is 17.0. The van der Waals surface area contributed by atoms with Crippen molar-refractivity contribution in [2.45, 2.75) is 79.6 Å². The zero-order valence-corrected chi connectivity index (χ0v) is 35.4. The van der Waals surface area contributed by atoms with E-state index in [1.54, 1.807) is 0 Å². The Morgan fingerprint density at radius 1 is 0.727 bits per heavy atom. The van der Waals surface area contributed by atoms with E-state index in [4.69, 9.17) is 4.98 Å². The zero-order chi connectivity index (χ0) is 38.1. The van der Waals surface area contributed by atoms with Crippen molar-refractivity contribution in [3.05, 3.63) is 133 Å². The van der Waals surface area contributed by atoms with E-state index < -0.39 is 0 Å². The summed E-state index contributed by atoms with van der Waals surface area (Å²) in [5.41, 5.74) is 10.5. The second kappa shape index (κ2) is 16.5. The van der Waals surface area contributed by atoms with Crippen LogP contribution >= 0.6 is 0 Å². The van der Waals surface area contributed by atoms with E-state index >= 15 is 0 Å². The van der Waals surface area contributed by atoms with Crippen LogP contribution in [0.5, 0.6) is 0 Å². The van der Waals surface area contributed by atoms with Gasteiger partial charge in [0.25, 0.3) is 0 Å². The van der Waals surface area contributed by atoms with Crippen LogP contribution in [0.3, 0.4) is 0 Å². The van der Waals surface area contributed by atoms with Gasteiger partial charge < -0.3 is 9.67 Å². The van der Waals surface area contributed by atoms with E-state index in [9.17, 15) is 9.90 Å². The molecule has 4 nitrogen and oxygen atoms in total. The molecule has 1 N–H and O–H groups in total. The van der Waals surface area contributed by atoms with Gasteiger partial charge in [0.05, 0.1) is 22.6 Å². The number of benzene rings is 6. The Balaban J connectivity index is 0.000000276. The van der Waals surface area contributed by atoms with Gasteiger partial charge in [0, 0.05) is 54.8 Å². The summed E-state index contributed by atoms with van der Waals surface area (Å²) < 4.78 is 2.37. The Morgan fingerprint density at radius 3 is 1.96 bits per heavy atom. The number of carbonyl (C=O) groups excluding carboxylic acids is 1. The minimum absolute atomic E-state index is 0. The maximum Gasteiger partial charge on any atom is 0.162 e. The number of aliphatic hydroxyl groups is 1. The molecular weight excluding hydrogens is 853 g/mol. The molecule has 0 amide bonds. The molecular formula is C50H51IrN2O2-. The maximum atomic E-state index is 11.7. The molecule has 7 aromatic rings. The number of allylic oxidation sites excluding steroid dienone is 2. The summed E-state index contributed by atoms with van der Waals surface area (Å²) in [5, 5.41) is 14.6. The maximum absolute atomic E-state index is 11.7. The average Bonchev–Trinajstić information content (AvgIpc) is 3.52. The summed E-state index contributed by atoms with van der Waals surface area (Å²) in [6, 6.07) is 43.2. The topological polar surface area (TPSA) is 55.1 Å². The molecule has 5 heteroatoms. The number of aromatic nitrogens is 2. The van der Waals surface area contributed by atoms with Crippen molar-refractivity contribution in [3.63, 3.8) is 0 Å². The molecule has 1 aliphatic heterocycles. The van der Waals surface area contributed by atoms with E-state index in [0.717, 1.165) is 59.2 Å². The second-order valence-corrected chi connectivity index (χ2v) is 15.6. The molecule has 0 fully saturated rings. The average molecular weight is 904 g/mol. The molecule has 0 bridgehead atoms. The molecule has 0 saturated heterocycles. The molecule has 8 rings (SSSR count). The van der Waals surface area contributed by atoms with Crippen LogP contribution in [0.4, 0.5) is 0 Å². The van der Waals surface area contributed by atoms with Crippen molar-refractivity contribution >= 4 is 38.4 Å². The van der Waals surface area contributed by atoms with Crippen LogP contribution in [-0.2, 0) is 30.3 Å². The van der Waals surface area contributed by atoms with Crippen LogP contribution in [0.15, 0.2) is 121 Å². The molecule has 0 aliphatic carbocycles. The van der Waals surface area contributed by atoms with Crippen LogP contribution in [0.2, 0.25) is 0 Å². The third-order valence-corrected chi connectivity index (χ3v) is 11.2. The summed E-state index contributed by atoms with van der Waals surface area (Å²) in [6.07, 6.45) is 4.91. The molecule has 0 atom stereocenters. The summed E-state index contributed by atoms with van der Waals surface area (Å²) >= 11 is 0. The molecule has 2 heterocycles. The SMILES string of the molecule is CC(C)(C)c1cc(-c2nc3cccc4c3n2-c2ccccc2-c2cc3ccccc3cc2-4)[c-]c2ccccc12.CCC(CC)C(=O)/C=C(\O)C(CC)CC.[Ir]. The number of nitrogens with zero attached hydrogens (tertiary/aromatic N) is 2. The first-order valence-corrected chi connectivity index (χ1v) is 19.6. The van der Waals surface area contributed by atoms with E-state index in [1.165, 1.54) is 50.1 Å². The van der Waals surface area contributed by atoms with Gasteiger partial charge in [0.2, 0.25) is 0 Å². The standard InChI is InChI=1S/C37H27N2.C13H24O2.Ir/c1-37(2,3)32-22-26(19-25-13-6-7-14-27(25)32)36-38-33-17-10-16-29-31-21-24-12-5-4-11-23(24)20-30(31)28-15-8-9-18-34(28)39(36)35(29)33;1-5-10(6-2)12(14)9-13(15)11(7-3)8-4;/h4-18,20-22H,1-3H3;9-11,14H,5-8H2,1-4H3;/q-1;;/b;12-9-;. The first-order valence-electron chi connectivity index (χ1n) is 19.6. The van der Waals surface area contributed by atoms with E-state index in [0.29, 0.717) is 0 Å². The van der Waals surface area contributed by atoms with Crippen LogP contribution in [0.1, 0.15) is 79.7 Å². The quantitative estimate of drug-likeness (QED) is 0.0939. The van der Waals surface area contributed by atoms with E-state index in [-0.39, 0.29) is 48.9 Å². The number of fused-ring (bicyclic) bond motifs is 7. The Kier molecular flexibility index (Phi) is 12.0. The first-order chi connectivity index (χ1) is 26.1. The van der Waals surface area contributed by atoms with Gasteiger partial charge in [-0.2, -0.15) is 0 Å². The molecule has 0 unspecified atom stereocenters. The Morgan fingerprint density at radius 2 is 1.31 bits per heavy atom. The monoisotopic (exact) mass is 904 g/mol. The van der Waals surface area contributed by atoms with Crippen molar-refractivity contribution in [3.8, 4) is 39.3 Å². The fourth-order valence-corrected chi connectivity index (χ4v) is 8.09. The number of hydrogen-bond acceptors (Lipinski definition) is 3. The van der Waals surface area contributed by atoms with Gasteiger partial charge in [-0.3, -0.25) is 9.78 Å². The first kappa shape index (κ1) is 39.9. The van der Waals surface area contributed by atoms with Gasteiger partial charge in [0.1, 0.15) is 0 Å². The van der Waals surface area contributed by atoms with E-state index in [2.05, 4.69) is 141 Å². The predicted octanol–water partition coefficient (Wildman–Crippen LogP) is 13.6. The van der Waals surface area contributed by atoms with Crippen molar-refractivity contribution in [1.82, 2.24) is 9.55 Å². The van der Waals surface area contributed by atoms with Gasteiger partial charge in [-0.15, -0.1) is 29.1 Å². The Hall–Kier alpha value is -4.83. The number of para-hydroxylation sites is 2. The molecule has 1 radical (unpaired) electrons. The zero-order valence-electron chi connectivity index (χ0n) is 33.0. The smallest absolute Gasteiger partial charge is 0.162 e. The molecule has 6 aromatic carbocycles. The molecule has 0 spiro atoms. The largest absolute Gasteiger partial charge is 0.512 e. The molecule has 283 valence electrons. The van der Waals surface area contributed by atoms with Crippen molar-refractivity contribution in [2.24, 2.45) is 11.8 Å². The predicted molar refractivity (Wildman–Crippen MR) is 227 cm³/mol. The second-order valence-electron chi connectivity index (χ2n) is 15.6. The van der Waals surface area contributed by atoms with Crippen LogP contribution < -0.4 is 0 Å². The number of hydrogen-bond donors (Lipinski definition) is 1. The number of carbonyl (C=O) groups is 1. The molecule has 0 saturated carbocycles. The number of ketones is 1. The van der Waals surface area contributed by atoms with Crippen molar-refractivity contribution in [2.75, 3.05) is 0 Å². The van der Waals surface area contributed by atoms with Gasteiger partial charge in [0.15, 0.2) is 5.78 Å². The van der Waals surface area contributed by atoms with Gasteiger partial charge in [-0.1, -0.05) is 132 Å². The number of imidazole rings is 1. The van der Waals surface area contributed by atoms with Crippen LogP contribution in [0.25, 0.3) is 71.9 Å². The van der Waals surface area contributed by atoms with Crippen LogP contribution in [0, 0.1) is 17.9 Å². The normalized spacial score (nSPS) is 12.3. The van der Waals surface area contributed by atoms with E-state index in [1.807, 2.05) is 27.7 Å². The third kappa shape index (κ3) is 7.58. The van der Waals surface area contributed by atoms with Gasteiger partial charge in [-0.05, 0) is 77.3 Å². The number of aliphatic hydroxyl groups excluding tert-OH is 1. The molecule has 1 aromatic heterocycles. The molecule has 1 aliphatic rings. The number of rotatable bonds is 8. The van der Waals surface area contributed by atoms with Crippen molar-refractivity contribution in [1.29, 1.82) is 0 Å².